The van der Waals surface area contributed by atoms with Gasteiger partial charge in [-0.05, 0) is 29.2 Å². The van der Waals surface area contributed by atoms with Crippen LogP contribution < -0.4 is 0 Å². The Morgan fingerprint density at radius 3 is 3.08 bits per heavy atom. The van der Waals surface area contributed by atoms with Gasteiger partial charge in [0.25, 0.3) is 0 Å². The van der Waals surface area contributed by atoms with Crippen molar-refractivity contribution >= 4 is 5.91 Å². The lowest BCUT2D eigenvalue weighted by molar-refractivity contribution is -0.139. The number of amides is 1. The van der Waals surface area contributed by atoms with Crippen molar-refractivity contribution in [1.82, 2.24) is 25.5 Å². The SMILES string of the molecule is CC(C)CC1COCCN1C(=O)Cc1cccc(-c2nn[nH]n2)c1. The third kappa shape index (κ3) is 3.97. The van der Waals surface area contributed by atoms with E-state index in [1.807, 2.05) is 29.2 Å². The van der Waals surface area contributed by atoms with Crippen LogP contribution in [-0.4, -0.2) is 57.2 Å². The van der Waals surface area contributed by atoms with Crippen LogP contribution in [-0.2, 0) is 16.0 Å². The lowest BCUT2D eigenvalue weighted by atomic mass is 10.0. The predicted molar refractivity (Wildman–Crippen MR) is 89.1 cm³/mol. The number of H-pyrrole nitrogens is 1. The number of carbonyl (C=O) groups excluding carboxylic acids is 1. The second-order valence-corrected chi connectivity index (χ2v) is 6.56. The van der Waals surface area contributed by atoms with Crippen LogP contribution in [0, 0.1) is 5.92 Å². The minimum Gasteiger partial charge on any atom is -0.377 e. The van der Waals surface area contributed by atoms with E-state index in [0.717, 1.165) is 17.5 Å². The molecule has 1 aromatic carbocycles. The first-order chi connectivity index (χ1) is 11.6. The summed E-state index contributed by atoms with van der Waals surface area (Å²) in [6.07, 6.45) is 1.34. The number of aromatic amines is 1. The van der Waals surface area contributed by atoms with Crippen molar-refractivity contribution < 1.29 is 9.53 Å². The predicted octanol–water partition coefficient (Wildman–Crippen LogP) is 1.68. The number of hydrogen-bond acceptors (Lipinski definition) is 5. The summed E-state index contributed by atoms with van der Waals surface area (Å²) in [6.45, 7) is 6.26. The molecule has 1 N–H and O–H groups in total. The van der Waals surface area contributed by atoms with Gasteiger partial charge in [-0.25, -0.2) is 0 Å². The van der Waals surface area contributed by atoms with Gasteiger partial charge in [-0.3, -0.25) is 4.79 Å². The molecule has 1 saturated heterocycles. The molecule has 1 unspecified atom stereocenters. The number of aromatic nitrogens is 4. The standard InChI is InChI=1S/C17H23N5O2/c1-12(2)8-15-11-24-7-6-22(15)16(23)10-13-4-3-5-14(9-13)17-18-20-21-19-17/h3-5,9,12,15H,6-8,10-11H2,1-2H3,(H,18,19,20,21). The number of rotatable bonds is 5. The third-order valence-electron chi connectivity index (χ3n) is 4.18. The van der Waals surface area contributed by atoms with Crippen LogP contribution >= 0.6 is 0 Å². The van der Waals surface area contributed by atoms with E-state index >= 15 is 0 Å². The Kier molecular flexibility index (Phi) is 5.20. The van der Waals surface area contributed by atoms with Gasteiger partial charge in [-0.1, -0.05) is 32.0 Å². The van der Waals surface area contributed by atoms with E-state index in [1.54, 1.807) is 0 Å². The Bertz CT molecular complexity index is 671. The van der Waals surface area contributed by atoms with Crippen molar-refractivity contribution in [3.63, 3.8) is 0 Å². The van der Waals surface area contributed by atoms with E-state index in [-0.39, 0.29) is 11.9 Å². The lowest BCUT2D eigenvalue weighted by Crippen LogP contribution is -2.49. The van der Waals surface area contributed by atoms with Gasteiger partial charge in [0.2, 0.25) is 11.7 Å². The van der Waals surface area contributed by atoms with Gasteiger partial charge in [-0.15, -0.1) is 10.2 Å². The number of morpholine rings is 1. The smallest absolute Gasteiger partial charge is 0.227 e. The Hall–Kier alpha value is -2.28. The van der Waals surface area contributed by atoms with Gasteiger partial charge in [0.15, 0.2) is 0 Å². The summed E-state index contributed by atoms with van der Waals surface area (Å²) in [7, 11) is 0. The second-order valence-electron chi connectivity index (χ2n) is 6.56. The highest BCUT2D eigenvalue weighted by atomic mass is 16.5. The minimum absolute atomic E-state index is 0.147. The maximum Gasteiger partial charge on any atom is 0.227 e. The van der Waals surface area contributed by atoms with Crippen LogP contribution in [0.15, 0.2) is 24.3 Å². The zero-order valence-electron chi connectivity index (χ0n) is 14.1. The fraction of sp³-hybridized carbons (Fsp3) is 0.529. The minimum atomic E-state index is 0.147. The first kappa shape index (κ1) is 16.6. The molecule has 1 amide bonds. The van der Waals surface area contributed by atoms with Crippen molar-refractivity contribution in [3.8, 4) is 11.4 Å². The second kappa shape index (κ2) is 7.53. The van der Waals surface area contributed by atoms with E-state index in [4.69, 9.17) is 4.74 Å². The van der Waals surface area contributed by atoms with E-state index in [9.17, 15) is 4.79 Å². The molecule has 7 nitrogen and oxygen atoms in total. The Morgan fingerprint density at radius 1 is 1.46 bits per heavy atom. The summed E-state index contributed by atoms with van der Waals surface area (Å²) in [5.74, 6) is 1.22. The van der Waals surface area contributed by atoms with Crippen LogP contribution in [0.4, 0.5) is 0 Å². The van der Waals surface area contributed by atoms with Crippen molar-refractivity contribution in [2.24, 2.45) is 5.92 Å². The van der Waals surface area contributed by atoms with Gasteiger partial charge in [0.1, 0.15) is 0 Å². The fourth-order valence-corrected chi connectivity index (χ4v) is 3.10. The molecule has 24 heavy (non-hydrogen) atoms. The summed E-state index contributed by atoms with van der Waals surface area (Å²) >= 11 is 0. The van der Waals surface area contributed by atoms with Crippen molar-refractivity contribution in [3.05, 3.63) is 29.8 Å². The molecular weight excluding hydrogens is 306 g/mol. The quantitative estimate of drug-likeness (QED) is 0.902. The number of nitrogens with one attached hydrogen (secondary N) is 1. The molecule has 1 aliphatic rings. The summed E-state index contributed by atoms with van der Waals surface area (Å²) in [4.78, 5) is 14.8. The van der Waals surface area contributed by atoms with Gasteiger partial charge < -0.3 is 9.64 Å². The monoisotopic (exact) mass is 329 g/mol. The summed E-state index contributed by atoms with van der Waals surface area (Å²) in [6, 6.07) is 7.90. The van der Waals surface area contributed by atoms with Crippen molar-refractivity contribution in [1.29, 1.82) is 0 Å². The van der Waals surface area contributed by atoms with Crippen LogP contribution in [0.3, 0.4) is 0 Å². The molecule has 128 valence electrons. The molecule has 2 aromatic rings. The highest BCUT2D eigenvalue weighted by Gasteiger charge is 2.27. The number of nitrogens with zero attached hydrogens (tertiary/aromatic N) is 4. The molecule has 0 spiro atoms. The zero-order chi connectivity index (χ0) is 16.9. The average Bonchev–Trinajstić information content (AvgIpc) is 3.09. The van der Waals surface area contributed by atoms with Crippen molar-refractivity contribution in [2.45, 2.75) is 32.7 Å². The number of hydrogen-bond donors (Lipinski definition) is 1. The number of benzene rings is 1. The normalized spacial score (nSPS) is 18.1. The highest BCUT2D eigenvalue weighted by molar-refractivity contribution is 5.79. The van der Waals surface area contributed by atoms with Crippen LogP contribution in [0.25, 0.3) is 11.4 Å². The Balaban J connectivity index is 1.70. The van der Waals surface area contributed by atoms with Gasteiger partial charge >= 0.3 is 0 Å². The number of ether oxygens (including phenoxy) is 1. The molecule has 1 aliphatic heterocycles. The first-order valence-corrected chi connectivity index (χ1v) is 8.33. The Morgan fingerprint density at radius 2 is 2.33 bits per heavy atom. The average molecular weight is 329 g/mol. The maximum absolute atomic E-state index is 12.8. The molecule has 2 heterocycles. The summed E-state index contributed by atoms with van der Waals surface area (Å²) in [5, 5.41) is 14.0. The molecule has 1 fully saturated rings. The van der Waals surface area contributed by atoms with E-state index in [2.05, 4.69) is 34.5 Å². The largest absolute Gasteiger partial charge is 0.377 e. The molecular formula is C17H23N5O2. The molecule has 1 aromatic heterocycles. The van der Waals surface area contributed by atoms with Crippen LogP contribution in [0.5, 0.6) is 0 Å². The van der Waals surface area contributed by atoms with Crippen LogP contribution in [0.1, 0.15) is 25.8 Å². The molecule has 0 radical (unpaired) electrons. The zero-order valence-corrected chi connectivity index (χ0v) is 14.1. The molecule has 1 atom stereocenters. The highest BCUT2D eigenvalue weighted by Crippen LogP contribution is 2.19. The van der Waals surface area contributed by atoms with Gasteiger partial charge in [-0.2, -0.15) is 5.21 Å². The van der Waals surface area contributed by atoms with Gasteiger partial charge in [0, 0.05) is 12.1 Å². The fourth-order valence-electron chi connectivity index (χ4n) is 3.10. The van der Waals surface area contributed by atoms with Crippen LogP contribution in [0.2, 0.25) is 0 Å². The van der Waals surface area contributed by atoms with E-state index in [1.165, 1.54) is 0 Å². The number of carbonyl (C=O) groups is 1. The maximum atomic E-state index is 12.8. The molecule has 0 aliphatic carbocycles. The third-order valence-corrected chi connectivity index (χ3v) is 4.18. The topological polar surface area (TPSA) is 84.0 Å². The summed E-state index contributed by atoms with van der Waals surface area (Å²) < 4.78 is 5.56. The molecule has 3 rings (SSSR count). The summed E-state index contributed by atoms with van der Waals surface area (Å²) in [5.41, 5.74) is 1.81. The van der Waals surface area contributed by atoms with E-state index < -0.39 is 0 Å². The van der Waals surface area contributed by atoms with E-state index in [0.29, 0.717) is 37.9 Å². The Labute approximate surface area is 141 Å². The first-order valence-electron chi connectivity index (χ1n) is 8.33. The van der Waals surface area contributed by atoms with Crippen molar-refractivity contribution in [2.75, 3.05) is 19.8 Å². The molecule has 7 heteroatoms. The van der Waals surface area contributed by atoms with Gasteiger partial charge in [0.05, 0.1) is 25.7 Å². The molecule has 0 bridgehead atoms. The number of tetrazole rings is 1. The molecule has 0 saturated carbocycles. The lowest BCUT2D eigenvalue weighted by Gasteiger charge is -2.36.